The molecule has 4 nitrogen and oxygen atoms in total. The topological polar surface area (TPSA) is 57.9 Å². The average molecular weight is 281 g/mol. The van der Waals surface area contributed by atoms with Crippen LogP contribution in [0.5, 0.6) is 11.5 Å². The van der Waals surface area contributed by atoms with Gasteiger partial charge in [0.1, 0.15) is 17.3 Å². The van der Waals surface area contributed by atoms with Crippen LogP contribution in [0.4, 0.5) is 5.82 Å². The molecule has 0 aliphatic rings. The van der Waals surface area contributed by atoms with E-state index in [0.29, 0.717) is 5.56 Å². The van der Waals surface area contributed by atoms with E-state index in [1.807, 2.05) is 38.1 Å². The third-order valence-electron chi connectivity index (χ3n) is 3.10. The van der Waals surface area contributed by atoms with Crippen molar-refractivity contribution < 1.29 is 4.74 Å². The zero-order valence-corrected chi connectivity index (χ0v) is 12.6. The Kier molecular flexibility index (Phi) is 4.78. The Balaban J connectivity index is 2.24. The summed E-state index contributed by atoms with van der Waals surface area (Å²) in [4.78, 5) is 4.26. The quantitative estimate of drug-likeness (QED) is 0.893. The summed E-state index contributed by atoms with van der Waals surface area (Å²) in [5.74, 6) is 2.33. The van der Waals surface area contributed by atoms with Crippen molar-refractivity contribution in [1.29, 1.82) is 5.26 Å². The normalized spacial score (nSPS) is 10.0. The smallest absolute Gasteiger partial charge is 0.133 e. The standard InChI is InChI=1S/C17H19N3O/c1-4-6-19-16-10-15(5-7-20-16)21-17-12(2)8-14(11-18)9-13(17)3/h5,7-10H,4,6H2,1-3H3,(H,19,20). The summed E-state index contributed by atoms with van der Waals surface area (Å²) in [5.41, 5.74) is 2.55. The molecule has 0 fully saturated rings. The number of nitrogens with one attached hydrogen (secondary N) is 1. The first-order valence-electron chi connectivity index (χ1n) is 7.03. The summed E-state index contributed by atoms with van der Waals surface area (Å²) >= 11 is 0. The van der Waals surface area contributed by atoms with Crippen molar-refractivity contribution in [3.8, 4) is 17.6 Å². The molecule has 1 N–H and O–H groups in total. The molecule has 1 heterocycles. The first-order valence-corrected chi connectivity index (χ1v) is 7.03. The largest absolute Gasteiger partial charge is 0.457 e. The van der Waals surface area contributed by atoms with E-state index in [-0.39, 0.29) is 0 Å². The van der Waals surface area contributed by atoms with E-state index >= 15 is 0 Å². The van der Waals surface area contributed by atoms with Crippen molar-refractivity contribution in [3.05, 3.63) is 47.2 Å². The Morgan fingerprint density at radius 1 is 1.24 bits per heavy atom. The van der Waals surface area contributed by atoms with Gasteiger partial charge in [-0.1, -0.05) is 6.92 Å². The van der Waals surface area contributed by atoms with Crippen molar-refractivity contribution in [2.75, 3.05) is 11.9 Å². The summed E-state index contributed by atoms with van der Waals surface area (Å²) in [6.45, 7) is 6.88. The second-order valence-electron chi connectivity index (χ2n) is 4.96. The fourth-order valence-corrected chi connectivity index (χ4v) is 2.12. The van der Waals surface area contributed by atoms with Crippen molar-refractivity contribution in [2.45, 2.75) is 27.2 Å². The van der Waals surface area contributed by atoms with Gasteiger partial charge in [-0.15, -0.1) is 0 Å². The first kappa shape index (κ1) is 14.9. The predicted octanol–water partition coefficient (Wildman–Crippen LogP) is 4.18. The third-order valence-corrected chi connectivity index (χ3v) is 3.10. The van der Waals surface area contributed by atoms with Gasteiger partial charge in [0, 0.05) is 18.8 Å². The summed E-state index contributed by atoms with van der Waals surface area (Å²) in [6, 6.07) is 9.53. The SMILES string of the molecule is CCCNc1cc(Oc2c(C)cc(C#N)cc2C)ccn1. The fourth-order valence-electron chi connectivity index (χ4n) is 2.12. The maximum atomic E-state index is 8.98. The lowest BCUT2D eigenvalue weighted by Crippen LogP contribution is -2.01. The molecule has 0 radical (unpaired) electrons. The molecule has 4 heteroatoms. The molecule has 0 unspecified atom stereocenters. The lowest BCUT2D eigenvalue weighted by molar-refractivity contribution is 0.474. The summed E-state index contributed by atoms with van der Waals surface area (Å²) in [7, 11) is 0. The van der Waals surface area contributed by atoms with Gasteiger partial charge in [0.2, 0.25) is 0 Å². The van der Waals surface area contributed by atoms with Crippen molar-refractivity contribution in [3.63, 3.8) is 0 Å². The molecule has 0 atom stereocenters. The molecule has 2 rings (SSSR count). The van der Waals surface area contributed by atoms with Crippen molar-refractivity contribution in [1.82, 2.24) is 4.98 Å². The van der Waals surface area contributed by atoms with Gasteiger partial charge < -0.3 is 10.1 Å². The van der Waals surface area contributed by atoms with Crippen molar-refractivity contribution in [2.24, 2.45) is 0 Å². The summed E-state index contributed by atoms with van der Waals surface area (Å²) < 4.78 is 5.97. The fraction of sp³-hybridized carbons (Fsp3) is 0.294. The maximum Gasteiger partial charge on any atom is 0.133 e. The number of pyridine rings is 1. The van der Waals surface area contributed by atoms with Gasteiger partial charge >= 0.3 is 0 Å². The van der Waals surface area contributed by atoms with E-state index in [4.69, 9.17) is 10.00 Å². The predicted molar refractivity (Wildman–Crippen MR) is 83.7 cm³/mol. The number of hydrogen-bond acceptors (Lipinski definition) is 4. The zero-order valence-electron chi connectivity index (χ0n) is 12.6. The summed E-state index contributed by atoms with van der Waals surface area (Å²) in [6.07, 6.45) is 2.77. The van der Waals surface area contributed by atoms with Gasteiger partial charge in [-0.05, 0) is 49.6 Å². The minimum Gasteiger partial charge on any atom is -0.457 e. The van der Waals surface area contributed by atoms with Gasteiger partial charge in [0.25, 0.3) is 0 Å². The molecule has 0 spiro atoms. The van der Waals surface area contributed by atoms with E-state index in [1.165, 1.54) is 0 Å². The number of nitriles is 1. The number of anilines is 1. The van der Waals surface area contributed by atoms with Crippen LogP contribution in [0, 0.1) is 25.2 Å². The van der Waals surface area contributed by atoms with Gasteiger partial charge in [0.05, 0.1) is 11.6 Å². The zero-order chi connectivity index (χ0) is 15.2. The van der Waals surface area contributed by atoms with Gasteiger partial charge in [-0.3, -0.25) is 0 Å². The molecule has 0 saturated heterocycles. The van der Waals surface area contributed by atoms with E-state index in [0.717, 1.165) is 41.4 Å². The van der Waals surface area contributed by atoms with Gasteiger partial charge in [-0.25, -0.2) is 4.98 Å². The van der Waals surface area contributed by atoms with Crippen LogP contribution in [0.3, 0.4) is 0 Å². The molecule has 1 aromatic heterocycles. The van der Waals surface area contributed by atoms with Crippen LogP contribution in [0.1, 0.15) is 30.0 Å². The van der Waals surface area contributed by atoms with Crippen LogP contribution in [-0.4, -0.2) is 11.5 Å². The Hall–Kier alpha value is -2.54. The van der Waals surface area contributed by atoms with E-state index in [9.17, 15) is 0 Å². The lowest BCUT2D eigenvalue weighted by Gasteiger charge is -2.13. The number of aryl methyl sites for hydroxylation is 2. The maximum absolute atomic E-state index is 8.98. The van der Waals surface area contributed by atoms with E-state index < -0.39 is 0 Å². The van der Waals surface area contributed by atoms with Crippen LogP contribution < -0.4 is 10.1 Å². The highest BCUT2D eigenvalue weighted by Crippen LogP contribution is 2.30. The number of ether oxygens (including phenoxy) is 1. The summed E-state index contributed by atoms with van der Waals surface area (Å²) in [5, 5.41) is 12.2. The van der Waals surface area contributed by atoms with Crippen LogP contribution in [0.2, 0.25) is 0 Å². The number of hydrogen-bond donors (Lipinski definition) is 1. The monoisotopic (exact) mass is 281 g/mol. The van der Waals surface area contributed by atoms with Crippen LogP contribution in [0.25, 0.3) is 0 Å². The number of nitrogens with zero attached hydrogens (tertiary/aromatic N) is 2. The highest BCUT2D eigenvalue weighted by Gasteiger charge is 2.08. The van der Waals surface area contributed by atoms with E-state index in [1.54, 1.807) is 6.20 Å². The molecule has 2 aromatic rings. The Morgan fingerprint density at radius 2 is 1.95 bits per heavy atom. The molecule has 108 valence electrons. The Bertz CT molecular complexity index is 651. The Labute approximate surface area is 125 Å². The Morgan fingerprint density at radius 3 is 2.57 bits per heavy atom. The molecule has 0 aliphatic heterocycles. The first-order chi connectivity index (χ1) is 10.1. The second kappa shape index (κ2) is 6.76. The molecule has 0 aliphatic carbocycles. The highest BCUT2D eigenvalue weighted by molar-refractivity contribution is 5.50. The number of rotatable bonds is 5. The molecule has 1 aromatic carbocycles. The lowest BCUT2D eigenvalue weighted by atomic mass is 10.1. The van der Waals surface area contributed by atoms with Crippen LogP contribution >= 0.6 is 0 Å². The van der Waals surface area contributed by atoms with E-state index in [2.05, 4.69) is 23.3 Å². The molecule has 0 bridgehead atoms. The minimum absolute atomic E-state index is 0.650. The molecule has 0 amide bonds. The van der Waals surface area contributed by atoms with Gasteiger partial charge in [-0.2, -0.15) is 5.26 Å². The van der Waals surface area contributed by atoms with Gasteiger partial charge in [0.15, 0.2) is 0 Å². The average Bonchev–Trinajstić information content (AvgIpc) is 2.49. The number of aromatic nitrogens is 1. The number of benzene rings is 1. The molecular weight excluding hydrogens is 262 g/mol. The highest BCUT2D eigenvalue weighted by atomic mass is 16.5. The second-order valence-corrected chi connectivity index (χ2v) is 4.96. The van der Waals surface area contributed by atoms with Crippen LogP contribution in [0.15, 0.2) is 30.5 Å². The molecular formula is C17H19N3O. The third kappa shape index (κ3) is 3.73. The molecule has 0 saturated carbocycles. The van der Waals surface area contributed by atoms with Crippen LogP contribution in [-0.2, 0) is 0 Å². The molecule has 21 heavy (non-hydrogen) atoms. The minimum atomic E-state index is 0.650. The van der Waals surface area contributed by atoms with Crippen molar-refractivity contribution >= 4 is 5.82 Å².